The van der Waals surface area contributed by atoms with Crippen LogP contribution in [-0.2, 0) is 6.42 Å². The van der Waals surface area contributed by atoms with E-state index in [0.717, 1.165) is 28.8 Å². The molecule has 2 aromatic rings. The van der Waals surface area contributed by atoms with E-state index in [1.54, 1.807) is 7.11 Å². The molecule has 0 aliphatic rings. The first kappa shape index (κ1) is 13.8. The average Bonchev–Trinajstić information content (AvgIpc) is 2.37. The number of aromatic nitrogens is 1. The van der Waals surface area contributed by atoms with Crippen molar-refractivity contribution in [3.8, 4) is 5.75 Å². The summed E-state index contributed by atoms with van der Waals surface area (Å²) < 4.78 is 5.48. The first-order valence-electron chi connectivity index (χ1n) is 6.60. The van der Waals surface area contributed by atoms with Crippen LogP contribution in [0.15, 0.2) is 24.3 Å². The van der Waals surface area contributed by atoms with Gasteiger partial charge in [-0.05, 0) is 49.1 Å². The third-order valence-corrected chi connectivity index (χ3v) is 3.45. The number of hydrogen-bond donors (Lipinski definition) is 1. The van der Waals surface area contributed by atoms with Crippen LogP contribution in [0, 0.1) is 12.3 Å². The van der Waals surface area contributed by atoms with E-state index in [-0.39, 0.29) is 5.41 Å². The molecule has 0 aliphatic heterocycles. The van der Waals surface area contributed by atoms with Crippen LogP contribution in [0.25, 0.3) is 10.9 Å². The minimum atomic E-state index is 0.0710. The van der Waals surface area contributed by atoms with Gasteiger partial charge in [-0.1, -0.05) is 19.9 Å². The van der Waals surface area contributed by atoms with E-state index in [1.807, 2.05) is 25.1 Å². The van der Waals surface area contributed by atoms with Gasteiger partial charge in [-0.25, -0.2) is 0 Å². The Morgan fingerprint density at radius 3 is 2.68 bits per heavy atom. The molecule has 0 bridgehead atoms. The monoisotopic (exact) mass is 258 g/mol. The lowest BCUT2D eigenvalue weighted by Crippen LogP contribution is -2.26. The van der Waals surface area contributed by atoms with Gasteiger partial charge >= 0.3 is 0 Å². The van der Waals surface area contributed by atoms with Crippen LogP contribution in [0.4, 0.5) is 0 Å². The molecule has 0 unspecified atom stereocenters. The number of aryl methyl sites for hydroxylation is 1. The van der Waals surface area contributed by atoms with Gasteiger partial charge < -0.3 is 10.5 Å². The van der Waals surface area contributed by atoms with E-state index >= 15 is 0 Å². The number of ether oxygens (including phenoxy) is 1. The first-order valence-corrected chi connectivity index (χ1v) is 6.60. The first-order chi connectivity index (χ1) is 8.96. The number of rotatable bonds is 4. The van der Waals surface area contributed by atoms with Crippen molar-refractivity contribution >= 4 is 10.9 Å². The molecule has 3 nitrogen and oxygen atoms in total. The number of hydrogen-bond acceptors (Lipinski definition) is 3. The van der Waals surface area contributed by atoms with Crippen LogP contribution in [0.2, 0.25) is 0 Å². The summed E-state index contributed by atoms with van der Waals surface area (Å²) in [6.07, 6.45) is 0.920. The fraction of sp³-hybridized carbons (Fsp3) is 0.438. The van der Waals surface area contributed by atoms with Gasteiger partial charge in [0.05, 0.1) is 12.6 Å². The standard InChI is InChI=1S/C16H22N2O/c1-11-8-12(9-16(2,3)10-17)15-13(18-11)6-5-7-14(15)19-4/h5-8H,9-10,17H2,1-4H3. The lowest BCUT2D eigenvalue weighted by molar-refractivity contribution is 0.376. The second kappa shape index (κ2) is 5.17. The van der Waals surface area contributed by atoms with Gasteiger partial charge in [-0.15, -0.1) is 0 Å². The fourth-order valence-corrected chi connectivity index (χ4v) is 2.38. The van der Waals surface area contributed by atoms with Crippen molar-refractivity contribution in [3.63, 3.8) is 0 Å². The molecule has 0 saturated carbocycles. The number of fused-ring (bicyclic) bond motifs is 1. The molecule has 0 radical (unpaired) electrons. The van der Waals surface area contributed by atoms with Crippen molar-refractivity contribution in [2.45, 2.75) is 27.2 Å². The lowest BCUT2D eigenvalue weighted by atomic mass is 9.84. The third-order valence-electron chi connectivity index (χ3n) is 3.45. The Bertz CT molecular complexity index is 591. The van der Waals surface area contributed by atoms with Crippen LogP contribution in [-0.4, -0.2) is 18.6 Å². The molecule has 2 rings (SSSR count). The van der Waals surface area contributed by atoms with Crippen molar-refractivity contribution in [2.24, 2.45) is 11.1 Å². The van der Waals surface area contributed by atoms with E-state index in [1.165, 1.54) is 5.56 Å². The van der Waals surface area contributed by atoms with Crippen molar-refractivity contribution < 1.29 is 4.74 Å². The molecular formula is C16H22N2O. The number of nitrogens with zero attached hydrogens (tertiary/aromatic N) is 1. The van der Waals surface area contributed by atoms with Crippen molar-refractivity contribution in [1.82, 2.24) is 4.98 Å². The van der Waals surface area contributed by atoms with Gasteiger partial charge in [-0.3, -0.25) is 4.98 Å². The molecular weight excluding hydrogens is 236 g/mol. The van der Waals surface area contributed by atoms with E-state index in [2.05, 4.69) is 24.9 Å². The highest BCUT2D eigenvalue weighted by atomic mass is 16.5. The van der Waals surface area contributed by atoms with Crippen LogP contribution < -0.4 is 10.5 Å². The van der Waals surface area contributed by atoms with Gasteiger partial charge in [0.25, 0.3) is 0 Å². The Morgan fingerprint density at radius 1 is 1.32 bits per heavy atom. The van der Waals surface area contributed by atoms with E-state index in [9.17, 15) is 0 Å². The average molecular weight is 258 g/mol. The highest BCUT2D eigenvalue weighted by Crippen LogP contribution is 2.32. The minimum Gasteiger partial charge on any atom is -0.496 e. The summed E-state index contributed by atoms with van der Waals surface area (Å²) in [4.78, 5) is 4.59. The summed E-state index contributed by atoms with van der Waals surface area (Å²) in [6.45, 7) is 7.05. The topological polar surface area (TPSA) is 48.1 Å². The van der Waals surface area contributed by atoms with E-state index < -0.39 is 0 Å². The summed E-state index contributed by atoms with van der Waals surface area (Å²) in [5.41, 5.74) is 9.21. The number of pyridine rings is 1. The summed E-state index contributed by atoms with van der Waals surface area (Å²) in [6, 6.07) is 8.13. The smallest absolute Gasteiger partial charge is 0.128 e. The number of methoxy groups -OCH3 is 1. The van der Waals surface area contributed by atoms with Crippen LogP contribution in [0.5, 0.6) is 5.75 Å². The van der Waals surface area contributed by atoms with Crippen molar-refractivity contribution in [1.29, 1.82) is 0 Å². The second-order valence-electron chi connectivity index (χ2n) is 5.82. The molecule has 2 N–H and O–H groups in total. The summed E-state index contributed by atoms with van der Waals surface area (Å²) in [7, 11) is 1.70. The SMILES string of the molecule is COc1cccc2nc(C)cc(CC(C)(C)CN)c12. The zero-order valence-electron chi connectivity index (χ0n) is 12.2. The Morgan fingerprint density at radius 2 is 2.05 bits per heavy atom. The van der Waals surface area contributed by atoms with Crippen LogP contribution in [0.3, 0.4) is 0 Å². The Hall–Kier alpha value is -1.61. The predicted molar refractivity (Wildman–Crippen MR) is 79.6 cm³/mol. The van der Waals surface area contributed by atoms with Gasteiger partial charge in [0.2, 0.25) is 0 Å². The summed E-state index contributed by atoms with van der Waals surface area (Å²) in [5, 5.41) is 1.11. The predicted octanol–water partition coefficient (Wildman–Crippen LogP) is 3.08. The minimum absolute atomic E-state index is 0.0710. The van der Waals surface area contributed by atoms with Gasteiger partial charge in [-0.2, -0.15) is 0 Å². The fourth-order valence-electron chi connectivity index (χ4n) is 2.38. The van der Waals surface area contributed by atoms with Crippen LogP contribution >= 0.6 is 0 Å². The molecule has 1 heterocycles. The maximum absolute atomic E-state index is 5.86. The Labute approximate surface area is 114 Å². The molecule has 1 aromatic heterocycles. The molecule has 1 aromatic carbocycles. The van der Waals surface area contributed by atoms with Gasteiger partial charge in [0.1, 0.15) is 5.75 Å². The molecule has 0 fully saturated rings. The Kier molecular flexibility index (Phi) is 3.76. The van der Waals surface area contributed by atoms with Gasteiger partial charge in [0, 0.05) is 11.1 Å². The number of benzene rings is 1. The van der Waals surface area contributed by atoms with Crippen molar-refractivity contribution in [3.05, 3.63) is 35.5 Å². The van der Waals surface area contributed by atoms with Crippen molar-refractivity contribution in [2.75, 3.05) is 13.7 Å². The molecule has 0 saturated heterocycles. The highest BCUT2D eigenvalue weighted by Gasteiger charge is 2.19. The lowest BCUT2D eigenvalue weighted by Gasteiger charge is -2.23. The molecule has 0 atom stereocenters. The summed E-state index contributed by atoms with van der Waals surface area (Å²) >= 11 is 0. The quantitative estimate of drug-likeness (QED) is 0.916. The van der Waals surface area contributed by atoms with Gasteiger partial charge in [0.15, 0.2) is 0 Å². The van der Waals surface area contributed by atoms with Crippen LogP contribution in [0.1, 0.15) is 25.1 Å². The largest absolute Gasteiger partial charge is 0.496 e. The van der Waals surface area contributed by atoms with E-state index in [0.29, 0.717) is 6.54 Å². The zero-order valence-corrected chi connectivity index (χ0v) is 12.2. The molecule has 0 spiro atoms. The zero-order chi connectivity index (χ0) is 14.0. The third kappa shape index (κ3) is 2.87. The highest BCUT2D eigenvalue weighted by molar-refractivity contribution is 5.88. The molecule has 3 heteroatoms. The molecule has 0 amide bonds. The molecule has 102 valence electrons. The summed E-state index contributed by atoms with van der Waals surface area (Å²) in [5.74, 6) is 0.882. The maximum Gasteiger partial charge on any atom is 0.128 e. The normalized spacial score (nSPS) is 11.8. The Balaban J connectivity index is 2.64. The molecule has 19 heavy (non-hydrogen) atoms. The van der Waals surface area contributed by atoms with E-state index in [4.69, 9.17) is 10.5 Å². The maximum atomic E-state index is 5.86. The second-order valence-corrected chi connectivity index (χ2v) is 5.82. The molecule has 0 aliphatic carbocycles. The number of nitrogens with two attached hydrogens (primary N) is 1.